The summed E-state index contributed by atoms with van der Waals surface area (Å²) in [7, 11) is 0. The number of aryl methyl sites for hydroxylation is 2. The molecule has 0 saturated carbocycles. The minimum atomic E-state index is 0.517. The highest BCUT2D eigenvalue weighted by molar-refractivity contribution is 5.90. The SMILES string of the molecule is Cc1cc(C)n(-c2ccc3[nH]nc(N)c3c2)n1. The Hall–Kier alpha value is -2.30. The zero-order valence-corrected chi connectivity index (χ0v) is 9.73. The summed E-state index contributed by atoms with van der Waals surface area (Å²) in [5.74, 6) is 0.517. The number of H-pyrrole nitrogens is 1. The molecule has 17 heavy (non-hydrogen) atoms. The van der Waals surface area contributed by atoms with Gasteiger partial charge in [0.1, 0.15) is 0 Å². The maximum atomic E-state index is 5.79. The van der Waals surface area contributed by atoms with Crippen molar-refractivity contribution < 1.29 is 0 Å². The van der Waals surface area contributed by atoms with Gasteiger partial charge in [-0.3, -0.25) is 5.10 Å². The molecule has 3 N–H and O–H groups in total. The molecule has 2 aromatic heterocycles. The number of hydrogen-bond acceptors (Lipinski definition) is 3. The van der Waals surface area contributed by atoms with Crippen molar-refractivity contribution in [3.63, 3.8) is 0 Å². The highest BCUT2D eigenvalue weighted by atomic mass is 15.3. The molecular formula is C12H13N5. The molecule has 2 heterocycles. The van der Waals surface area contributed by atoms with Crippen molar-refractivity contribution >= 4 is 16.7 Å². The molecule has 0 aliphatic rings. The monoisotopic (exact) mass is 227 g/mol. The van der Waals surface area contributed by atoms with Crippen LogP contribution in [0.2, 0.25) is 0 Å². The first kappa shape index (κ1) is 9.89. The van der Waals surface area contributed by atoms with Crippen LogP contribution in [0.3, 0.4) is 0 Å². The van der Waals surface area contributed by atoms with Crippen LogP contribution in [0, 0.1) is 13.8 Å². The maximum Gasteiger partial charge on any atom is 0.153 e. The van der Waals surface area contributed by atoms with Crippen LogP contribution in [0.25, 0.3) is 16.6 Å². The fourth-order valence-corrected chi connectivity index (χ4v) is 2.04. The molecule has 0 bridgehead atoms. The van der Waals surface area contributed by atoms with Gasteiger partial charge in [0.2, 0.25) is 0 Å². The third kappa shape index (κ3) is 1.47. The number of benzene rings is 1. The van der Waals surface area contributed by atoms with Gasteiger partial charge in [0.05, 0.1) is 16.9 Å². The van der Waals surface area contributed by atoms with Gasteiger partial charge in [-0.05, 0) is 38.1 Å². The van der Waals surface area contributed by atoms with Crippen LogP contribution in [0.1, 0.15) is 11.4 Å². The van der Waals surface area contributed by atoms with Crippen LogP contribution in [-0.2, 0) is 0 Å². The fourth-order valence-electron chi connectivity index (χ4n) is 2.04. The number of nitrogens with one attached hydrogen (secondary N) is 1. The molecule has 0 aliphatic carbocycles. The smallest absolute Gasteiger partial charge is 0.153 e. The van der Waals surface area contributed by atoms with E-state index in [0.29, 0.717) is 5.82 Å². The molecule has 0 fully saturated rings. The first-order chi connectivity index (χ1) is 8.15. The Kier molecular flexibility index (Phi) is 1.95. The van der Waals surface area contributed by atoms with Crippen LogP contribution < -0.4 is 5.73 Å². The van der Waals surface area contributed by atoms with E-state index in [9.17, 15) is 0 Å². The van der Waals surface area contributed by atoms with Crippen molar-refractivity contribution in [2.45, 2.75) is 13.8 Å². The number of rotatable bonds is 1. The van der Waals surface area contributed by atoms with Gasteiger partial charge in [-0.15, -0.1) is 0 Å². The average molecular weight is 227 g/mol. The van der Waals surface area contributed by atoms with E-state index in [0.717, 1.165) is 28.0 Å². The van der Waals surface area contributed by atoms with E-state index >= 15 is 0 Å². The number of aromatic amines is 1. The molecule has 0 saturated heterocycles. The second-order valence-electron chi connectivity index (χ2n) is 4.18. The van der Waals surface area contributed by atoms with Gasteiger partial charge >= 0.3 is 0 Å². The normalized spacial score (nSPS) is 11.2. The predicted octanol–water partition coefficient (Wildman–Crippen LogP) is 1.95. The molecule has 5 nitrogen and oxygen atoms in total. The molecule has 3 aromatic rings. The third-order valence-electron chi connectivity index (χ3n) is 2.83. The molecule has 1 aromatic carbocycles. The van der Waals surface area contributed by atoms with Crippen LogP contribution >= 0.6 is 0 Å². The lowest BCUT2D eigenvalue weighted by Gasteiger charge is -2.04. The average Bonchev–Trinajstić information content (AvgIpc) is 2.83. The van der Waals surface area contributed by atoms with Gasteiger partial charge < -0.3 is 5.73 Å². The first-order valence-corrected chi connectivity index (χ1v) is 5.42. The van der Waals surface area contributed by atoms with Gasteiger partial charge in [0.15, 0.2) is 5.82 Å². The van der Waals surface area contributed by atoms with Crippen molar-refractivity contribution in [2.24, 2.45) is 0 Å². The van der Waals surface area contributed by atoms with Crippen molar-refractivity contribution in [1.82, 2.24) is 20.0 Å². The summed E-state index contributed by atoms with van der Waals surface area (Å²) in [6, 6.07) is 8.00. The molecule has 86 valence electrons. The molecule has 0 unspecified atom stereocenters. The van der Waals surface area contributed by atoms with Gasteiger partial charge in [-0.2, -0.15) is 10.2 Å². The Morgan fingerprint density at radius 1 is 1.24 bits per heavy atom. The minimum Gasteiger partial charge on any atom is -0.382 e. The highest BCUT2D eigenvalue weighted by Crippen LogP contribution is 2.22. The quantitative estimate of drug-likeness (QED) is 0.667. The Labute approximate surface area is 98.2 Å². The Bertz CT molecular complexity index is 692. The van der Waals surface area contributed by atoms with Gasteiger partial charge in [-0.25, -0.2) is 4.68 Å². The zero-order chi connectivity index (χ0) is 12.0. The summed E-state index contributed by atoms with van der Waals surface area (Å²) < 4.78 is 1.90. The lowest BCUT2D eigenvalue weighted by molar-refractivity contribution is 0.835. The standard InChI is InChI=1S/C12H13N5/c1-7-5-8(2)17(16-7)9-3-4-11-10(6-9)12(13)15-14-11/h3-6H,1-2H3,(H3,13,14,15). The predicted molar refractivity (Wildman–Crippen MR) is 67.1 cm³/mol. The summed E-state index contributed by atoms with van der Waals surface area (Å²) in [6.45, 7) is 4.01. The van der Waals surface area contributed by atoms with E-state index in [4.69, 9.17) is 5.73 Å². The number of nitrogens with zero attached hydrogens (tertiary/aromatic N) is 3. The molecule has 0 aliphatic heterocycles. The molecule has 0 spiro atoms. The summed E-state index contributed by atoms with van der Waals surface area (Å²) in [4.78, 5) is 0. The second-order valence-corrected chi connectivity index (χ2v) is 4.18. The Morgan fingerprint density at radius 2 is 2.06 bits per heavy atom. The van der Waals surface area contributed by atoms with Crippen molar-refractivity contribution in [1.29, 1.82) is 0 Å². The highest BCUT2D eigenvalue weighted by Gasteiger charge is 2.07. The van der Waals surface area contributed by atoms with Crippen LogP contribution in [0.15, 0.2) is 24.3 Å². The first-order valence-electron chi connectivity index (χ1n) is 5.42. The number of fused-ring (bicyclic) bond motifs is 1. The Balaban J connectivity index is 2.23. The van der Waals surface area contributed by atoms with E-state index < -0.39 is 0 Å². The summed E-state index contributed by atoms with van der Waals surface area (Å²) >= 11 is 0. The summed E-state index contributed by atoms with van der Waals surface area (Å²) in [6.07, 6.45) is 0. The van der Waals surface area contributed by atoms with Crippen molar-refractivity contribution in [3.8, 4) is 5.69 Å². The van der Waals surface area contributed by atoms with E-state index in [1.807, 2.05) is 42.8 Å². The van der Waals surface area contributed by atoms with Crippen molar-refractivity contribution in [3.05, 3.63) is 35.7 Å². The van der Waals surface area contributed by atoms with E-state index in [2.05, 4.69) is 15.3 Å². The third-order valence-corrected chi connectivity index (χ3v) is 2.83. The van der Waals surface area contributed by atoms with Crippen LogP contribution in [0.5, 0.6) is 0 Å². The number of aromatic nitrogens is 4. The number of nitrogens with two attached hydrogens (primary N) is 1. The fraction of sp³-hybridized carbons (Fsp3) is 0.167. The van der Waals surface area contributed by atoms with Gasteiger partial charge in [0, 0.05) is 11.1 Å². The van der Waals surface area contributed by atoms with E-state index in [-0.39, 0.29) is 0 Å². The molecule has 5 heteroatoms. The Morgan fingerprint density at radius 3 is 2.76 bits per heavy atom. The number of nitrogen functional groups attached to an aromatic ring is 1. The second kappa shape index (κ2) is 3.35. The van der Waals surface area contributed by atoms with Crippen LogP contribution in [0.4, 0.5) is 5.82 Å². The lowest BCUT2D eigenvalue weighted by atomic mass is 10.2. The summed E-state index contributed by atoms with van der Waals surface area (Å²) in [5.41, 5.74) is 9.83. The van der Waals surface area contributed by atoms with Gasteiger partial charge in [0.25, 0.3) is 0 Å². The topological polar surface area (TPSA) is 72.5 Å². The molecule has 0 radical (unpaired) electrons. The largest absolute Gasteiger partial charge is 0.382 e. The zero-order valence-electron chi connectivity index (χ0n) is 9.73. The molecule has 0 amide bonds. The minimum absolute atomic E-state index is 0.517. The van der Waals surface area contributed by atoms with E-state index in [1.54, 1.807) is 0 Å². The molecule has 0 atom stereocenters. The maximum absolute atomic E-state index is 5.79. The number of hydrogen-bond donors (Lipinski definition) is 2. The van der Waals surface area contributed by atoms with Crippen LogP contribution in [-0.4, -0.2) is 20.0 Å². The number of anilines is 1. The molecular weight excluding hydrogens is 214 g/mol. The summed E-state index contributed by atoms with van der Waals surface area (Å²) in [5, 5.41) is 12.2. The van der Waals surface area contributed by atoms with Gasteiger partial charge in [-0.1, -0.05) is 0 Å². The molecule has 3 rings (SSSR count). The van der Waals surface area contributed by atoms with Crippen molar-refractivity contribution in [2.75, 3.05) is 5.73 Å². The van der Waals surface area contributed by atoms with E-state index in [1.165, 1.54) is 0 Å². The lowest BCUT2D eigenvalue weighted by Crippen LogP contribution is -1.98.